The smallest absolute Gasteiger partial charge is 0.262 e. The summed E-state index contributed by atoms with van der Waals surface area (Å²) in [6, 6.07) is 15.4. The van der Waals surface area contributed by atoms with Gasteiger partial charge in [0.25, 0.3) is 11.5 Å². The Bertz CT molecular complexity index is 2330. The van der Waals surface area contributed by atoms with Crippen LogP contribution in [0.15, 0.2) is 59.5 Å². The van der Waals surface area contributed by atoms with Crippen molar-refractivity contribution in [2.24, 2.45) is 10.8 Å². The standard InChI is InChI=1S/C45H52ClN7O6/c1-28-49-39-33(41(57)53(28)35-16-14-31(54)24-36(35)55)10-9-11-37(39)58-23-8-6-7-18-51-19-21-52(22-20-51)38-17-13-30(27-48-38)40(56)50-42-44(2,3)43(45(42,4)5)59-32-15-12-29(26-47)34(46)25-32/h9-13,15,17,25,27,35,42-43H,6-8,14,16,18-24H2,1-5H3,(H,50,56). The molecule has 14 heteroatoms. The van der Waals surface area contributed by atoms with Crippen molar-refractivity contribution in [3.8, 4) is 17.6 Å². The molecule has 3 heterocycles. The molecule has 0 radical (unpaired) electrons. The number of piperazine rings is 1. The van der Waals surface area contributed by atoms with E-state index in [0.717, 1.165) is 57.8 Å². The number of amides is 1. The average molecular weight is 822 g/mol. The van der Waals surface area contributed by atoms with E-state index in [1.807, 2.05) is 18.2 Å². The number of rotatable bonds is 13. The van der Waals surface area contributed by atoms with E-state index in [1.54, 1.807) is 43.5 Å². The molecule has 59 heavy (non-hydrogen) atoms. The zero-order chi connectivity index (χ0) is 42.1. The van der Waals surface area contributed by atoms with Gasteiger partial charge in [-0.15, -0.1) is 0 Å². The topological polar surface area (TPSA) is 160 Å². The molecule has 1 aliphatic heterocycles. The number of ketones is 2. The van der Waals surface area contributed by atoms with Gasteiger partial charge in [0, 0.05) is 61.7 Å². The number of Topliss-reactive ketones (excluding diaryl/α,β-unsaturated/α-hetero) is 2. The van der Waals surface area contributed by atoms with Gasteiger partial charge in [-0.05, 0) is 75.5 Å². The number of carbonyl (C=O) groups excluding carboxylic acids is 3. The number of aromatic nitrogens is 3. The summed E-state index contributed by atoms with van der Waals surface area (Å²) in [6.07, 6.45) is 4.82. The SMILES string of the molecule is Cc1nc2c(OCCCCCN3CCN(c4ccc(C(=O)NC5C(C)(C)C(Oc6ccc(C#N)c(Cl)c6)C5(C)C)cn4)CC3)cccc2c(=O)n1C1CCC(=O)CC1=O. The minimum Gasteiger partial charge on any atom is -0.491 e. The van der Waals surface area contributed by atoms with Crippen LogP contribution in [0, 0.1) is 29.1 Å². The molecule has 2 saturated carbocycles. The molecular formula is C45H52ClN7O6. The van der Waals surface area contributed by atoms with Crippen LogP contribution in [-0.4, -0.2) is 88.4 Å². The first-order chi connectivity index (χ1) is 28.2. The van der Waals surface area contributed by atoms with E-state index >= 15 is 0 Å². The second-order valence-corrected chi connectivity index (χ2v) is 17.6. The van der Waals surface area contributed by atoms with Gasteiger partial charge in [-0.3, -0.25) is 28.6 Å². The van der Waals surface area contributed by atoms with Gasteiger partial charge in [0.05, 0.1) is 40.6 Å². The molecule has 13 nitrogen and oxygen atoms in total. The number of nitrogens with one attached hydrogen (secondary N) is 1. The Hall–Kier alpha value is -5.32. The number of halogens is 1. The Kier molecular flexibility index (Phi) is 12.1. The molecule has 1 atom stereocenters. The van der Waals surface area contributed by atoms with E-state index in [1.165, 1.54) is 4.57 Å². The monoisotopic (exact) mass is 821 g/mol. The van der Waals surface area contributed by atoms with Crippen LogP contribution in [0.2, 0.25) is 5.02 Å². The number of fused-ring (bicyclic) bond motifs is 1. The van der Waals surface area contributed by atoms with Crippen molar-refractivity contribution < 1.29 is 23.9 Å². The Morgan fingerprint density at radius 3 is 2.44 bits per heavy atom. The molecule has 1 saturated heterocycles. The lowest BCUT2D eigenvalue weighted by Crippen LogP contribution is -2.74. The molecule has 1 N–H and O–H groups in total. The van der Waals surface area contributed by atoms with Gasteiger partial charge in [-0.25, -0.2) is 9.97 Å². The lowest BCUT2D eigenvalue weighted by molar-refractivity contribution is -0.164. The highest BCUT2D eigenvalue weighted by Crippen LogP contribution is 2.55. The Labute approximate surface area is 349 Å². The highest BCUT2D eigenvalue weighted by atomic mass is 35.5. The Morgan fingerprint density at radius 2 is 1.76 bits per heavy atom. The second kappa shape index (κ2) is 17.1. The molecule has 310 valence electrons. The first kappa shape index (κ1) is 41.8. The molecule has 3 aliphatic rings. The minimum atomic E-state index is -0.659. The summed E-state index contributed by atoms with van der Waals surface area (Å²) in [7, 11) is 0. The lowest BCUT2D eigenvalue weighted by atomic mass is 9.49. The summed E-state index contributed by atoms with van der Waals surface area (Å²) in [5, 5.41) is 13.2. The molecule has 2 aromatic heterocycles. The maximum atomic E-state index is 13.5. The number of carbonyl (C=O) groups is 3. The Morgan fingerprint density at radius 1 is 1.00 bits per heavy atom. The van der Waals surface area contributed by atoms with Crippen LogP contribution < -0.4 is 25.2 Å². The second-order valence-electron chi connectivity index (χ2n) is 17.2. The fourth-order valence-electron chi connectivity index (χ4n) is 9.43. The largest absolute Gasteiger partial charge is 0.491 e. The van der Waals surface area contributed by atoms with Crippen molar-refractivity contribution >= 4 is 45.8 Å². The van der Waals surface area contributed by atoms with Gasteiger partial charge >= 0.3 is 0 Å². The van der Waals surface area contributed by atoms with Crippen LogP contribution in [0.4, 0.5) is 5.82 Å². The average Bonchev–Trinajstić information content (AvgIpc) is 3.21. The third kappa shape index (κ3) is 8.57. The number of hydrogen-bond donors (Lipinski definition) is 1. The normalized spacial score (nSPS) is 21.4. The minimum absolute atomic E-state index is 0.0838. The molecule has 2 aromatic carbocycles. The first-order valence-electron chi connectivity index (χ1n) is 20.5. The predicted molar refractivity (Wildman–Crippen MR) is 225 cm³/mol. The van der Waals surface area contributed by atoms with Gasteiger partial charge in [-0.1, -0.05) is 45.4 Å². The maximum Gasteiger partial charge on any atom is 0.262 e. The zero-order valence-corrected chi connectivity index (χ0v) is 35.2. The highest BCUT2D eigenvalue weighted by molar-refractivity contribution is 6.31. The highest BCUT2D eigenvalue weighted by Gasteiger charge is 2.64. The van der Waals surface area contributed by atoms with E-state index in [-0.39, 0.29) is 58.9 Å². The van der Waals surface area contributed by atoms with E-state index in [2.05, 4.69) is 58.8 Å². The number of nitriles is 1. The van der Waals surface area contributed by atoms with Crippen LogP contribution in [0.3, 0.4) is 0 Å². The number of pyridine rings is 1. The number of nitrogens with zero attached hydrogens (tertiary/aromatic N) is 6. The van der Waals surface area contributed by atoms with Crippen LogP contribution in [0.25, 0.3) is 10.9 Å². The van der Waals surface area contributed by atoms with Crippen molar-refractivity contribution in [2.75, 3.05) is 44.2 Å². The van der Waals surface area contributed by atoms with Crippen LogP contribution in [0.5, 0.6) is 11.5 Å². The predicted octanol–water partition coefficient (Wildman–Crippen LogP) is 6.47. The third-order valence-electron chi connectivity index (χ3n) is 12.3. The molecular weight excluding hydrogens is 770 g/mol. The first-order valence-corrected chi connectivity index (χ1v) is 20.9. The quantitative estimate of drug-likeness (QED) is 0.116. The lowest BCUT2D eigenvalue weighted by Gasteiger charge is -2.63. The van der Waals surface area contributed by atoms with E-state index in [9.17, 15) is 24.4 Å². The number of benzene rings is 2. The molecule has 0 spiro atoms. The summed E-state index contributed by atoms with van der Waals surface area (Å²) < 4.78 is 13.9. The van der Waals surface area contributed by atoms with Crippen molar-refractivity contribution in [3.63, 3.8) is 0 Å². The van der Waals surface area contributed by atoms with Crippen LogP contribution >= 0.6 is 11.6 Å². The van der Waals surface area contributed by atoms with E-state index in [4.69, 9.17) is 21.1 Å². The van der Waals surface area contributed by atoms with Crippen molar-refractivity contribution in [2.45, 2.75) is 91.3 Å². The fraction of sp³-hybridized carbons (Fsp3) is 0.489. The zero-order valence-electron chi connectivity index (χ0n) is 34.4. The number of para-hydroxylation sites is 1. The number of ether oxygens (including phenoxy) is 2. The van der Waals surface area contributed by atoms with E-state index < -0.39 is 6.04 Å². The number of aryl methyl sites for hydroxylation is 1. The molecule has 1 amide bonds. The maximum absolute atomic E-state index is 13.5. The van der Waals surface area contributed by atoms with E-state index in [0.29, 0.717) is 57.4 Å². The number of hydrogen-bond acceptors (Lipinski definition) is 11. The van der Waals surface area contributed by atoms with Crippen molar-refractivity contribution in [1.29, 1.82) is 5.26 Å². The van der Waals surface area contributed by atoms with Crippen molar-refractivity contribution in [1.82, 2.24) is 24.8 Å². The van der Waals surface area contributed by atoms with Gasteiger partial charge in [0.15, 0.2) is 5.78 Å². The third-order valence-corrected chi connectivity index (χ3v) is 12.6. The van der Waals surface area contributed by atoms with Crippen LogP contribution in [0.1, 0.15) is 94.0 Å². The van der Waals surface area contributed by atoms with Crippen LogP contribution in [-0.2, 0) is 9.59 Å². The van der Waals surface area contributed by atoms with Gasteiger partial charge in [0.1, 0.15) is 46.6 Å². The molecule has 2 aliphatic carbocycles. The summed E-state index contributed by atoms with van der Waals surface area (Å²) in [6.45, 7) is 15.1. The van der Waals surface area contributed by atoms with Crippen molar-refractivity contribution in [3.05, 3.63) is 87.1 Å². The molecule has 0 bridgehead atoms. The Balaban J connectivity index is 0.833. The molecule has 4 aromatic rings. The number of unbranched alkanes of at least 4 members (excludes halogenated alkanes) is 2. The van der Waals surface area contributed by atoms with Gasteiger partial charge < -0.3 is 19.7 Å². The van der Waals surface area contributed by atoms with Gasteiger partial charge in [0.2, 0.25) is 0 Å². The summed E-state index contributed by atoms with van der Waals surface area (Å²) in [4.78, 5) is 65.3. The van der Waals surface area contributed by atoms with Gasteiger partial charge in [-0.2, -0.15) is 5.26 Å². The summed E-state index contributed by atoms with van der Waals surface area (Å²) in [5.41, 5.74) is 0.378. The fourth-order valence-corrected chi connectivity index (χ4v) is 9.65. The molecule has 3 fully saturated rings. The number of anilines is 1. The molecule has 7 rings (SSSR count). The summed E-state index contributed by atoms with van der Waals surface area (Å²) >= 11 is 6.24. The molecule has 1 unspecified atom stereocenters. The summed E-state index contributed by atoms with van der Waals surface area (Å²) in [5.74, 6) is 1.95.